The molecular weight excluding hydrogens is 208 g/mol. The van der Waals surface area contributed by atoms with E-state index in [0.29, 0.717) is 22.3 Å². The molecule has 0 aliphatic rings. The number of nitrogen functional groups attached to an aromatic ring is 1. The molecule has 5 nitrogen and oxygen atoms in total. The van der Waals surface area contributed by atoms with Gasteiger partial charge in [-0.05, 0) is 18.2 Å². The van der Waals surface area contributed by atoms with Crippen molar-refractivity contribution in [2.24, 2.45) is 0 Å². The highest BCUT2D eigenvalue weighted by Gasteiger charge is 2.11. The van der Waals surface area contributed by atoms with E-state index in [1.807, 2.05) is 0 Å². The Morgan fingerprint density at radius 1 is 1.44 bits per heavy atom. The van der Waals surface area contributed by atoms with Gasteiger partial charge in [-0.1, -0.05) is 0 Å². The van der Waals surface area contributed by atoms with Crippen molar-refractivity contribution in [3.63, 3.8) is 0 Å². The number of fused-ring (bicyclic) bond motifs is 1. The lowest BCUT2D eigenvalue weighted by Crippen LogP contribution is -2.01. The number of hydrogen-bond donors (Lipinski definition) is 2. The summed E-state index contributed by atoms with van der Waals surface area (Å²) in [5.74, 6) is -0.144. The molecule has 3 N–H and O–H groups in total. The minimum absolute atomic E-state index is 0.114. The summed E-state index contributed by atoms with van der Waals surface area (Å²) in [6, 6.07) is 5.05. The second-order valence-corrected chi connectivity index (χ2v) is 3.27. The number of aromatic nitrogens is 1. The number of carboxylic acid groups (broad SMARTS) is 1. The molecule has 1 aromatic heterocycles. The van der Waals surface area contributed by atoms with Crippen LogP contribution in [0.4, 0.5) is 5.82 Å². The van der Waals surface area contributed by atoms with E-state index in [4.69, 9.17) is 15.6 Å². The molecule has 0 atom stereocenters. The summed E-state index contributed by atoms with van der Waals surface area (Å²) in [4.78, 5) is 14.8. The van der Waals surface area contributed by atoms with Crippen LogP contribution in [0.2, 0.25) is 0 Å². The molecule has 0 radical (unpaired) electrons. The number of aromatic carboxylic acids is 1. The lowest BCUT2D eigenvalue weighted by Gasteiger charge is -2.06. The molecule has 5 heteroatoms. The maximum Gasteiger partial charge on any atom is 0.337 e. The maximum absolute atomic E-state index is 11.0. The second-order valence-electron chi connectivity index (χ2n) is 3.27. The zero-order valence-electron chi connectivity index (χ0n) is 8.60. The van der Waals surface area contributed by atoms with Gasteiger partial charge in [-0.2, -0.15) is 0 Å². The molecule has 0 fully saturated rings. The van der Waals surface area contributed by atoms with Crippen LogP contribution in [0, 0.1) is 0 Å². The molecule has 82 valence electrons. The summed E-state index contributed by atoms with van der Waals surface area (Å²) in [6.45, 7) is 0. The first-order chi connectivity index (χ1) is 7.63. The van der Waals surface area contributed by atoms with Crippen molar-refractivity contribution < 1.29 is 14.6 Å². The third-order valence-corrected chi connectivity index (χ3v) is 2.36. The van der Waals surface area contributed by atoms with Gasteiger partial charge in [0.05, 0.1) is 12.7 Å². The monoisotopic (exact) mass is 218 g/mol. The highest BCUT2D eigenvalue weighted by atomic mass is 16.5. The molecule has 2 rings (SSSR count). The third kappa shape index (κ3) is 1.52. The largest absolute Gasteiger partial charge is 0.497 e. The van der Waals surface area contributed by atoms with Gasteiger partial charge in [-0.25, -0.2) is 9.78 Å². The summed E-state index contributed by atoms with van der Waals surface area (Å²) in [5, 5.41) is 10.2. The molecule has 0 unspecified atom stereocenters. The standard InChI is InChI=1S/C11H10N2O3/c1-16-6-2-3-7-8(4-6)9(11(14)15)5-13-10(7)12/h2-5H,1H3,(H2,12,13)(H,14,15). The number of nitrogens with two attached hydrogens (primary N) is 1. The first kappa shape index (κ1) is 10.2. The SMILES string of the molecule is COc1ccc2c(N)ncc(C(=O)O)c2c1. The smallest absolute Gasteiger partial charge is 0.337 e. The molecule has 0 aliphatic carbocycles. The molecule has 1 heterocycles. The first-order valence-electron chi connectivity index (χ1n) is 4.59. The van der Waals surface area contributed by atoms with Crippen molar-refractivity contribution in [3.8, 4) is 5.75 Å². The van der Waals surface area contributed by atoms with E-state index in [-0.39, 0.29) is 5.56 Å². The molecule has 0 amide bonds. The molecule has 0 spiro atoms. The predicted octanol–water partition coefficient (Wildman–Crippen LogP) is 1.52. The zero-order valence-corrected chi connectivity index (χ0v) is 8.60. The van der Waals surface area contributed by atoms with Crippen LogP contribution >= 0.6 is 0 Å². The van der Waals surface area contributed by atoms with Crippen LogP contribution in [0.25, 0.3) is 10.8 Å². The van der Waals surface area contributed by atoms with Crippen LogP contribution in [0.1, 0.15) is 10.4 Å². The average molecular weight is 218 g/mol. The number of pyridine rings is 1. The topological polar surface area (TPSA) is 85.4 Å². The van der Waals surface area contributed by atoms with Crippen molar-refractivity contribution >= 4 is 22.6 Å². The van der Waals surface area contributed by atoms with Crippen molar-refractivity contribution in [2.75, 3.05) is 12.8 Å². The summed E-state index contributed by atoms with van der Waals surface area (Å²) >= 11 is 0. The van der Waals surface area contributed by atoms with Crippen LogP contribution in [0.15, 0.2) is 24.4 Å². The molecule has 0 saturated heterocycles. The van der Waals surface area contributed by atoms with Gasteiger partial charge in [0.15, 0.2) is 0 Å². The van der Waals surface area contributed by atoms with Crippen molar-refractivity contribution in [1.82, 2.24) is 4.98 Å². The quantitative estimate of drug-likeness (QED) is 0.798. The Bertz CT molecular complexity index is 566. The summed E-state index contributed by atoms with van der Waals surface area (Å²) in [5.41, 5.74) is 5.79. The number of nitrogens with zero attached hydrogens (tertiary/aromatic N) is 1. The van der Waals surface area contributed by atoms with Gasteiger partial charge in [0.2, 0.25) is 0 Å². The summed E-state index contributed by atoms with van der Waals surface area (Å²) < 4.78 is 5.04. The van der Waals surface area contributed by atoms with E-state index >= 15 is 0 Å². The van der Waals surface area contributed by atoms with Crippen molar-refractivity contribution in [3.05, 3.63) is 30.0 Å². The van der Waals surface area contributed by atoms with Crippen molar-refractivity contribution in [1.29, 1.82) is 0 Å². The van der Waals surface area contributed by atoms with Crippen LogP contribution < -0.4 is 10.5 Å². The third-order valence-electron chi connectivity index (χ3n) is 2.36. The summed E-state index contributed by atoms with van der Waals surface area (Å²) in [6.07, 6.45) is 1.25. The Kier molecular flexibility index (Phi) is 2.36. The number of anilines is 1. The van der Waals surface area contributed by atoms with E-state index in [1.54, 1.807) is 18.2 Å². The average Bonchev–Trinajstić information content (AvgIpc) is 2.28. The minimum Gasteiger partial charge on any atom is -0.497 e. The minimum atomic E-state index is -1.04. The Morgan fingerprint density at radius 3 is 2.81 bits per heavy atom. The number of benzene rings is 1. The van der Waals surface area contributed by atoms with Gasteiger partial charge < -0.3 is 15.6 Å². The van der Waals surface area contributed by atoms with Gasteiger partial charge in [0.25, 0.3) is 0 Å². The Morgan fingerprint density at radius 2 is 2.19 bits per heavy atom. The lowest BCUT2D eigenvalue weighted by atomic mass is 10.1. The zero-order chi connectivity index (χ0) is 11.7. The molecule has 0 saturated carbocycles. The number of carboxylic acids is 1. The number of ether oxygens (including phenoxy) is 1. The fraction of sp³-hybridized carbons (Fsp3) is 0.0909. The molecule has 0 aliphatic heterocycles. The van der Waals surface area contributed by atoms with Crippen molar-refractivity contribution in [2.45, 2.75) is 0 Å². The highest BCUT2D eigenvalue weighted by molar-refractivity contribution is 6.06. The maximum atomic E-state index is 11.0. The Labute approximate surface area is 91.5 Å². The van der Waals surface area contributed by atoms with Crippen LogP contribution in [0.3, 0.4) is 0 Å². The van der Waals surface area contributed by atoms with E-state index < -0.39 is 5.97 Å². The van der Waals surface area contributed by atoms with Gasteiger partial charge in [0.1, 0.15) is 11.6 Å². The van der Waals surface area contributed by atoms with Crippen LogP contribution in [-0.4, -0.2) is 23.2 Å². The predicted molar refractivity (Wildman–Crippen MR) is 59.7 cm³/mol. The van der Waals surface area contributed by atoms with E-state index in [9.17, 15) is 4.79 Å². The first-order valence-corrected chi connectivity index (χ1v) is 4.59. The lowest BCUT2D eigenvalue weighted by molar-refractivity contribution is 0.0698. The Balaban J connectivity index is 2.83. The number of carbonyl (C=O) groups is 1. The summed E-state index contributed by atoms with van der Waals surface area (Å²) in [7, 11) is 1.52. The molecular formula is C11H10N2O3. The molecule has 2 aromatic rings. The van der Waals surface area contributed by atoms with E-state index in [2.05, 4.69) is 4.98 Å². The number of hydrogen-bond acceptors (Lipinski definition) is 4. The van der Waals surface area contributed by atoms with Crippen LogP contribution in [0.5, 0.6) is 5.75 Å². The van der Waals surface area contributed by atoms with Gasteiger partial charge in [0, 0.05) is 17.0 Å². The Hall–Kier alpha value is -2.30. The van der Waals surface area contributed by atoms with Crippen LogP contribution in [-0.2, 0) is 0 Å². The number of rotatable bonds is 2. The highest BCUT2D eigenvalue weighted by Crippen LogP contribution is 2.26. The van der Waals surface area contributed by atoms with E-state index in [1.165, 1.54) is 13.3 Å². The normalized spacial score (nSPS) is 10.3. The molecule has 16 heavy (non-hydrogen) atoms. The van der Waals surface area contributed by atoms with Gasteiger partial charge in [-0.15, -0.1) is 0 Å². The van der Waals surface area contributed by atoms with Gasteiger partial charge in [-0.3, -0.25) is 0 Å². The van der Waals surface area contributed by atoms with E-state index in [0.717, 1.165) is 0 Å². The second kappa shape index (κ2) is 3.69. The molecule has 1 aromatic carbocycles. The fourth-order valence-corrected chi connectivity index (χ4v) is 1.54. The van der Waals surface area contributed by atoms with Gasteiger partial charge >= 0.3 is 5.97 Å². The molecule has 0 bridgehead atoms. The number of methoxy groups -OCH3 is 1. The fourth-order valence-electron chi connectivity index (χ4n) is 1.54.